The zero-order chi connectivity index (χ0) is 14.7. The van der Waals surface area contributed by atoms with Gasteiger partial charge in [0, 0.05) is 36.7 Å². The molecule has 0 amide bonds. The van der Waals surface area contributed by atoms with Crippen LogP contribution in [0, 0.1) is 0 Å². The van der Waals surface area contributed by atoms with Gasteiger partial charge in [-0.1, -0.05) is 54.1 Å². The Morgan fingerprint density at radius 2 is 1.81 bits per heavy atom. The standard InChI is InChI=1S/C18H21ClN2/c1-14-11-20-18(16-5-3-2-4-6-16)13-21(14)12-15-7-9-17(19)10-8-15/h2-10,14,18,20H,11-13H2,1H3. The average Bonchev–Trinajstić information content (AvgIpc) is 2.52. The third-order valence-corrected chi connectivity index (χ3v) is 4.45. The molecule has 2 aromatic rings. The molecule has 3 rings (SSSR count). The normalized spacial score (nSPS) is 23.1. The van der Waals surface area contributed by atoms with Gasteiger partial charge in [-0.15, -0.1) is 0 Å². The summed E-state index contributed by atoms with van der Waals surface area (Å²) in [6, 6.07) is 19.8. The van der Waals surface area contributed by atoms with Crippen molar-refractivity contribution in [2.45, 2.75) is 25.6 Å². The number of hydrogen-bond acceptors (Lipinski definition) is 2. The van der Waals surface area contributed by atoms with Crippen LogP contribution in [0.15, 0.2) is 54.6 Å². The van der Waals surface area contributed by atoms with Gasteiger partial charge in [0.15, 0.2) is 0 Å². The number of benzene rings is 2. The van der Waals surface area contributed by atoms with E-state index in [1.54, 1.807) is 0 Å². The Bertz CT molecular complexity index is 568. The lowest BCUT2D eigenvalue weighted by Crippen LogP contribution is -2.50. The van der Waals surface area contributed by atoms with Crippen molar-refractivity contribution in [2.24, 2.45) is 0 Å². The number of nitrogens with zero attached hydrogens (tertiary/aromatic N) is 1. The fourth-order valence-electron chi connectivity index (χ4n) is 2.87. The SMILES string of the molecule is CC1CNC(c2ccccc2)CN1Cc1ccc(Cl)cc1. The maximum Gasteiger partial charge on any atom is 0.0450 e. The van der Waals surface area contributed by atoms with Gasteiger partial charge in [0.1, 0.15) is 0 Å². The number of halogens is 1. The van der Waals surface area contributed by atoms with Crippen LogP contribution in [0.1, 0.15) is 24.1 Å². The van der Waals surface area contributed by atoms with Gasteiger partial charge >= 0.3 is 0 Å². The molecule has 0 saturated carbocycles. The van der Waals surface area contributed by atoms with Gasteiger partial charge in [0.2, 0.25) is 0 Å². The Balaban J connectivity index is 1.70. The van der Waals surface area contributed by atoms with Gasteiger partial charge in [-0.25, -0.2) is 0 Å². The van der Waals surface area contributed by atoms with Crippen molar-refractivity contribution in [1.82, 2.24) is 10.2 Å². The van der Waals surface area contributed by atoms with Crippen LogP contribution >= 0.6 is 11.6 Å². The Kier molecular flexibility index (Phi) is 4.59. The predicted octanol–water partition coefficient (Wildman–Crippen LogP) is 3.88. The van der Waals surface area contributed by atoms with Gasteiger partial charge in [-0.05, 0) is 30.2 Å². The van der Waals surface area contributed by atoms with E-state index in [1.807, 2.05) is 12.1 Å². The maximum absolute atomic E-state index is 5.96. The molecular formula is C18H21ClN2. The fraction of sp³-hybridized carbons (Fsp3) is 0.333. The van der Waals surface area contributed by atoms with E-state index >= 15 is 0 Å². The van der Waals surface area contributed by atoms with Gasteiger partial charge in [-0.3, -0.25) is 4.90 Å². The summed E-state index contributed by atoms with van der Waals surface area (Å²) in [6.45, 7) is 5.31. The highest BCUT2D eigenvalue weighted by molar-refractivity contribution is 6.30. The molecule has 0 bridgehead atoms. The summed E-state index contributed by atoms with van der Waals surface area (Å²) in [6.07, 6.45) is 0. The number of nitrogens with one attached hydrogen (secondary N) is 1. The second-order valence-corrected chi connectivity index (χ2v) is 6.21. The van der Waals surface area contributed by atoms with E-state index in [0.29, 0.717) is 12.1 Å². The molecule has 2 atom stereocenters. The molecule has 1 heterocycles. The Labute approximate surface area is 131 Å². The van der Waals surface area contributed by atoms with E-state index in [-0.39, 0.29) is 0 Å². The van der Waals surface area contributed by atoms with Gasteiger partial charge in [0.25, 0.3) is 0 Å². The minimum absolute atomic E-state index is 0.412. The second-order valence-electron chi connectivity index (χ2n) is 5.78. The van der Waals surface area contributed by atoms with Gasteiger partial charge in [0.05, 0.1) is 0 Å². The van der Waals surface area contributed by atoms with Crippen LogP contribution in [-0.4, -0.2) is 24.0 Å². The molecule has 1 aliphatic rings. The van der Waals surface area contributed by atoms with E-state index < -0.39 is 0 Å². The van der Waals surface area contributed by atoms with Crippen molar-refractivity contribution in [3.63, 3.8) is 0 Å². The lowest BCUT2D eigenvalue weighted by Gasteiger charge is -2.39. The maximum atomic E-state index is 5.96. The smallest absolute Gasteiger partial charge is 0.0450 e. The summed E-state index contributed by atoms with van der Waals surface area (Å²) >= 11 is 5.96. The fourth-order valence-corrected chi connectivity index (χ4v) is 3.00. The number of piperazine rings is 1. The van der Waals surface area contributed by atoms with Crippen molar-refractivity contribution in [2.75, 3.05) is 13.1 Å². The Hall–Kier alpha value is -1.35. The molecule has 0 aromatic heterocycles. The lowest BCUT2D eigenvalue weighted by molar-refractivity contribution is 0.133. The highest BCUT2D eigenvalue weighted by Gasteiger charge is 2.25. The van der Waals surface area contributed by atoms with Crippen molar-refractivity contribution >= 4 is 11.6 Å². The quantitative estimate of drug-likeness (QED) is 0.925. The molecule has 110 valence electrons. The largest absolute Gasteiger partial charge is 0.307 e. The molecule has 1 aliphatic heterocycles. The van der Waals surface area contributed by atoms with E-state index in [9.17, 15) is 0 Å². The minimum Gasteiger partial charge on any atom is -0.307 e. The summed E-state index contributed by atoms with van der Waals surface area (Å²) in [4.78, 5) is 2.54. The third-order valence-electron chi connectivity index (χ3n) is 4.20. The van der Waals surface area contributed by atoms with Crippen molar-refractivity contribution in [1.29, 1.82) is 0 Å². The minimum atomic E-state index is 0.412. The molecule has 1 fully saturated rings. The van der Waals surface area contributed by atoms with Crippen LogP contribution in [0.25, 0.3) is 0 Å². The molecule has 21 heavy (non-hydrogen) atoms. The molecule has 2 unspecified atom stereocenters. The molecule has 0 aliphatic carbocycles. The van der Waals surface area contributed by atoms with Crippen LogP contribution in [0.4, 0.5) is 0 Å². The van der Waals surface area contributed by atoms with E-state index in [2.05, 4.69) is 59.6 Å². The Morgan fingerprint density at radius 3 is 2.52 bits per heavy atom. The van der Waals surface area contributed by atoms with Crippen molar-refractivity contribution in [3.8, 4) is 0 Å². The van der Waals surface area contributed by atoms with Crippen molar-refractivity contribution < 1.29 is 0 Å². The highest BCUT2D eigenvalue weighted by atomic mass is 35.5. The first-order valence-electron chi connectivity index (χ1n) is 7.49. The molecule has 1 saturated heterocycles. The van der Waals surface area contributed by atoms with Crippen LogP contribution in [-0.2, 0) is 6.54 Å². The topological polar surface area (TPSA) is 15.3 Å². The first-order valence-corrected chi connectivity index (χ1v) is 7.87. The predicted molar refractivity (Wildman–Crippen MR) is 88.5 cm³/mol. The summed E-state index contributed by atoms with van der Waals surface area (Å²) in [5, 5.41) is 4.45. The van der Waals surface area contributed by atoms with E-state index in [1.165, 1.54) is 11.1 Å². The number of rotatable bonds is 3. The highest BCUT2D eigenvalue weighted by Crippen LogP contribution is 2.22. The Morgan fingerprint density at radius 1 is 1.10 bits per heavy atom. The van der Waals surface area contributed by atoms with Gasteiger partial charge in [-0.2, -0.15) is 0 Å². The second kappa shape index (κ2) is 6.61. The summed E-state index contributed by atoms with van der Waals surface area (Å²) in [5.74, 6) is 0. The van der Waals surface area contributed by atoms with Crippen LogP contribution in [0.3, 0.4) is 0 Å². The molecule has 3 heteroatoms. The van der Waals surface area contributed by atoms with E-state index in [0.717, 1.165) is 24.7 Å². The average molecular weight is 301 g/mol. The molecule has 2 nitrogen and oxygen atoms in total. The zero-order valence-electron chi connectivity index (χ0n) is 12.3. The van der Waals surface area contributed by atoms with Crippen LogP contribution in [0.5, 0.6) is 0 Å². The van der Waals surface area contributed by atoms with Gasteiger partial charge < -0.3 is 5.32 Å². The lowest BCUT2D eigenvalue weighted by atomic mass is 10.0. The van der Waals surface area contributed by atoms with Crippen LogP contribution in [0.2, 0.25) is 5.02 Å². The van der Waals surface area contributed by atoms with E-state index in [4.69, 9.17) is 11.6 Å². The summed E-state index contributed by atoms with van der Waals surface area (Å²) in [5.41, 5.74) is 2.69. The molecule has 1 N–H and O–H groups in total. The third kappa shape index (κ3) is 3.65. The summed E-state index contributed by atoms with van der Waals surface area (Å²) in [7, 11) is 0. The van der Waals surface area contributed by atoms with Crippen molar-refractivity contribution in [3.05, 3.63) is 70.7 Å². The zero-order valence-corrected chi connectivity index (χ0v) is 13.1. The molecule has 0 radical (unpaired) electrons. The molecular weight excluding hydrogens is 280 g/mol. The first kappa shape index (κ1) is 14.6. The number of hydrogen-bond donors (Lipinski definition) is 1. The monoisotopic (exact) mass is 300 g/mol. The van der Waals surface area contributed by atoms with Crippen LogP contribution < -0.4 is 5.32 Å². The molecule has 0 spiro atoms. The summed E-state index contributed by atoms with van der Waals surface area (Å²) < 4.78 is 0. The first-order chi connectivity index (χ1) is 10.2. The molecule has 2 aromatic carbocycles.